The van der Waals surface area contributed by atoms with Crippen LogP contribution in [0, 0.1) is 0 Å². The van der Waals surface area contributed by atoms with Gasteiger partial charge in [-0.1, -0.05) is 75.2 Å². The van der Waals surface area contributed by atoms with Crippen molar-refractivity contribution in [2.75, 3.05) is 13.1 Å². The Labute approximate surface area is 171 Å². The van der Waals surface area contributed by atoms with Crippen molar-refractivity contribution in [2.45, 2.75) is 45.7 Å². The van der Waals surface area contributed by atoms with Crippen molar-refractivity contribution in [1.29, 1.82) is 0 Å². The van der Waals surface area contributed by atoms with Crippen molar-refractivity contribution < 1.29 is 24.0 Å². The second-order valence-electron chi connectivity index (χ2n) is 6.31. The molecule has 2 N–H and O–H groups in total. The van der Waals surface area contributed by atoms with Crippen molar-refractivity contribution >= 4 is 12.9 Å². The SMILES string of the molecule is CCCCN[P+](Cc1ccccc1)(NCCCC)c1ccccc1.[I-]. The summed E-state index contributed by atoms with van der Waals surface area (Å²) in [5.41, 5.74) is 1.41. The molecule has 2 rings (SSSR count). The first-order chi connectivity index (χ1) is 11.8. The molecule has 0 spiro atoms. The van der Waals surface area contributed by atoms with Gasteiger partial charge in [-0.15, -0.1) is 0 Å². The summed E-state index contributed by atoms with van der Waals surface area (Å²) in [6.45, 7) is 6.66. The zero-order valence-electron chi connectivity index (χ0n) is 15.5. The van der Waals surface area contributed by atoms with E-state index in [-0.39, 0.29) is 24.0 Å². The molecule has 0 saturated heterocycles. The van der Waals surface area contributed by atoms with Crippen LogP contribution in [0.4, 0.5) is 0 Å². The molecule has 4 heteroatoms. The quantitative estimate of drug-likeness (QED) is 0.299. The fourth-order valence-corrected chi connectivity index (χ4v) is 6.28. The Morgan fingerprint density at radius 2 is 1.20 bits per heavy atom. The van der Waals surface area contributed by atoms with Gasteiger partial charge >= 0.3 is 0 Å². The lowest BCUT2D eigenvalue weighted by Crippen LogP contribution is -3.00. The molecular formula is C21H32IN2P. The summed E-state index contributed by atoms with van der Waals surface area (Å²) in [5.74, 6) is 0. The van der Waals surface area contributed by atoms with Crippen LogP contribution in [0.2, 0.25) is 0 Å². The molecule has 0 bridgehead atoms. The fraction of sp³-hybridized carbons (Fsp3) is 0.429. The molecule has 2 nitrogen and oxygen atoms in total. The lowest BCUT2D eigenvalue weighted by Gasteiger charge is -2.28. The van der Waals surface area contributed by atoms with E-state index in [1.807, 2.05) is 0 Å². The molecule has 0 radical (unpaired) electrons. The monoisotopic (exact) mass is 470 g/mol. The van der Waals surface area contributed by atoms with Crippen LogP contribution in [0.1, 0.15) is 45.1 Å². The summed E-state index contributed by atoms with van der Waals surface area (Å²) in [4.78, 5) is 0. The van der Waals surface area contributed by atoms with Crippen molar-refractivity contribution in [3.63, 3.8) is 0 Å². The largest absolute Gasteiger partial charge is 1.00 e. The highest BCUT2D eigenvalue weighted by atomic mass is 127. The van der Waals surface area contributed by atoms with E-state index in [2.05, 4.69) is 84.7 Å². The Bertz CT molecular complexity index is 553. The second-order valence-corrected chi connectivity index (χ2v) is 9.40. The van der Waals surface area contributed by atoms with E-state index < -0.39 is 7.56 Å². The predicted octanol–water partition coefficient (Wildman–Crippen LogP) is 2.14. The Kier molecular flexibility index (Phi) is 11.6. The van der Waals surface area contributed by atoms with Crippen LogP contribution in [0.3, 0.4) is 0 Å². The van der Waals surface area contributed by atoms with Gasteiger partial charge in [-0.3, -0.25) is 0 Å². The topological polar surface area (TPSA) is 24.1 Å². The third-order valence-corrected chi connectivity index (χ3v) is 7.83. The first-order valence-electron chi connectivity index (χ1n) is 9.28. The van der Waals surface area contributed by atoms with Crippen LogP contribution < -0.4 is 39.5 Å². The van der Waals surface area contributed by atoms with E-state index in [0.717, 1.165) is 19.3 Å². The van der Waals surface area contributed by atoms with Crippen molar-refractivity contribution in [2.24, 2.45) is 0 Å². The number of rotatable bonds is 11. The molecule has 0 fully saturated rings. The van der Waals surface area contributed by atoms with E-state index in [1.165, 1.54) is 36.6 Å². The Hall–Kier alpha value is -0.480. The molecule has 0 aliphatic carbocycles. The van der Waals surface area contributed by atoms with Crippen LogP contribution in [0.25, 0.3) is 0 Å². The minimum Gasteiger partial charge on any atom is -1.00 e. The molecular weight excluding hydrogens is 438 g/mol. The smallest absolute Gasteiger partial charge is 0.184 e. The standard InChI is InChI=1S/C21H32N2P.HI/c1-3-5-17-22-24(23-18-6-4-2,21-15-11-8-12-16-21)19-20-13-9-7-10-14-20;/h7-16,22-23H,3-6,17-19H2,1-2H3;1H/q+1;/p-1. The van der Waals surface area contributed by atoms with E-state index in [1.54, 1.807) is 0 Å². The summed E-state index contributed by atoms with van der Waals surface area (Å²) >= 11 is 0. The van der Waals surface area contributed by atoms with Crippen LogP contribution >= 0.6 is 7.56 Å². The number of hydrogen-bond acceptors (Lipinski definition) is 2. The highest BCUT2D eigenvalue weighted by Crippen LogP contribution is 2.52. The van der Waals surface area contributed by atoms with E-state index in [4.69, 9.17) is 0 Å². The summed E-state index contributed by atoms with van der Waals surface area (Å²) in [6, 6.07) is 21.9. The van der Waals surface area contributed by atoms with Gasteiger partial charge in [0, 0.05) is 13.1 Å². The second kappa shape index (κ2) is 12.8. The lowest BCUT2D eigenvalue weighted by atomic mass is 10.2. The molecule has 0 aliphatic rings. The average molecular weight is 470 g/mol. The van der Waals surface area contributed by atoms with Gasteiger partial charge in [0.15, 0.2) is 7.56 Å². The number of unbranched alkanes of at least 4 members (excludes halogenated alkanes) is 2. The molecule has 0 unspecified atom stereocenters. The zero-order chi connectivity index (χ0) is 17.1. The van der Waals surface area contributed by atoms with Gasteiger partial charge in [-0.05, 0) is 30.5 Å². The van der Waals surface area contributed by atoms with Crippen molar-refractivity contribution in [3.8, 4) is 0 Å². The molecule has 0 amide bonds. The fourth-order valence-electron chi connectivity index (χ4n) is 2.87. The van der Waals surface area contributed by atoms with Crippen molar-refractivity contribution in [1.82, 2.24) is 10.2 Å². The Morgan fingerprint density at radius 1 is 0.720 bits per heavy atom. The summed E-state index contributed by atoms with van der Waals surface area (Å²) in [5, 5.41) is 9.35. The van der Waals surface area contributed by atoms with Crippen LogP contribution in [-0.2, 0) is 6.16 Å². The maximum Gasteiger partial charge on any atom is 0.184 e. The molecule has 0 atom stereocenters. The van der Waals surface area contributed by atoms with Gasteiger partial charge in [-0.2, -0.15) is 10.2 Å². The maximum absolute atomic E-state index is 3.96. The van der Waals surface area contributed by atoms with Gasteiger partial charge in [-0.25, -0.2) is 0 Å². The van der Waals surface area contributed by atoms with E-state index in [9.17, 15) is 0 Å². The third kappa shape index (κ3) is 7.34. The van der Waals surface area contributed by atoms with Crippen LogP contribution in [-0.4, -0.2) is 13.1 Å². The first kappa shape index (κ1) is 22.6. The Morgan fingerprint density at radius 3 is 1.68 bits per heavy atom. The van der Waals surface area contributed by atoms with E-state index >= 15 is 0 Å². The number of halogens is 1. The normalized spacial score (nSPS) is 11.1. The van der Waals surface area contributed by atoms with Crippen molar-refractivity contribution in [3.05, 3.63) is 66.2 Å². The zero-order valence-corrected chi connectivity index (χ0v) is 18.6. The molecule has 25 heavy (non-hydrogen) atoms. The lowest BCUT2D eigenvalue weighted by molar-refractivity contribution is -0.00000529. The minimum atomic E-state index is -1.63. The predicted molar refractivity (Wildman–Crippen MR) is 109 cm³/mol. The number of benzene rings is 2. The highest BCUT2D eigenvalue weighted by Gasteiger charge is 2.40. The minimum absolute atomic E-state index is 0. The molecule has 2 aromatic carbocycles. The molecule has 0 aliphatic heterocycles. The third-order valence-electron chi connectivity index (χ3n) is 4.28. The number of hydrogen-bond donors (Lipinski definition) is 2. The van der Waals surface area contributed by atoms with Crippen LogP contribution in [0.15, 0.2) is 60.7 Å². The van der Waals surface area contributed by atoms with Gasteiger partial charge in [0.05, 0.1) is 0 Å². The first-order valence-corrected chi connectivity index (χ1v) is 11.3. The van der Waals surface area contributed by atoms with Crippen LogP contribution in [0.5, 0.6) is 0 Å². The van der Waals surface area contributed by atoms with Gasteiger partial charge in [0.1, 0.15) is 11.5 Å². The molecule has 0 aromatic heterocycles. The molecule has 0 heterocycles. The highest BCUT2D eigenvalue weighted by molar-refractivity contribution is 7.78. The van der Waals surface area contributed by atoms with Gasteiger partial charge in [0.25, 0.3) is 0 Å². The summed E-state index contributed by atoms with van der Waals surface area (Å²) in [6.07, 6.45) is 5.95. The van der Waals surface area contributed by atoms with E-state index in [0.29, 0.717) is 0 Å². The summed E-state index contributed by atoms with van der Waals surface area (Å²) < 4.78 is 0. The molecule has 138 valence electrons. The molecule has 2 aromatic rings. The average Bonchev–Trinajstić information content (AvgIpc) is 2.63. The van der Waals surface area contributed by atoms with Gasteiger partial charge in [0.2, 0.25) is 0 Å². The molecule has 0 saturated carbocycles. The van der Waals surface area contributed by atoms with Gasteiger partial charge < -0.3 is 24.0 Å². The number of nitrogens with one attached hydrogen (secondary N) is 2. The Balaban J connectivity index is 0.00000312. The summed E-state index contributed by atoms with van der Waals surface area (Å²) in [7, 11) is -1.63. The maximum atomic E-state index is 3.96.